The number of carbonyl (C=O) groups excluding carboxylic acids is 2. The minimum Gasteiger partial charge on any atom is -0.497 e. The Kier molecular flexibility index (Phi) is 5.95. The van der Waals surface area contributed by atoms with Crippen LogP contribution in [0.15, 0.2) is 42.5 Å². The number of methoxy groups -OCH3 is 1. The van der Waals surface area contributed by atoms with E-state index in [1.165, 1.54) is 13.0 Å². The molecule has 0 unspecified atom stereocenters. The molecule has 0 saturated heterocycles. The van der Waals surface area contributed by atoms with Crippen molar-refractivity contribution in [2.75, 3.05) is 13.7 Å². The number of carbonyl (C=O) groups is 2. The van der Waals surface area contributed by atoms with E-state index >= 15 is 0 Å². The molecule has 0 aliphatic rings. The van der Waals surface area contributed by atoms with Crippen molar-refractivity contribution in [2.45, 2.75) is 20.5 Å². The molecule has 0 aliphatic carbocycles. The van der Waals surface area contributed by atoms with E-state index < -0.39 is 5.97 Å². The SMILES string of the molecule is CCOC(=O)c1cc(OCc2cccc(OC)c2)ccc1C(C)=O. The maximum Gasteiger partial charge on any atom is 0.338 e. The van der Waals surface area contributed by atoms with Gasteiger partial charge in [-0.3, -0.25) is 4.79 Å². The summed E-state index contributed by atoms with van der Waals surface area (Å²) in [5.41, 5.74) is 1.47. The number of Topliss-reactive ketones (excluding diaryl/α,β-unsaturated/α-hetero) is 1. The van der Waals surface area contributed by atoms with Crippen molar-refractivity contribution in [3.8, 4) is 11.5 Å². The Labute approximate surface area is 141 Å². The zero-order valence-electron chi connectivity index (χ0n) is 14.0. The average molecular weight is 328 g/mol. The van der Waals surface area contributed by atoms with Gasteiger partial charge in [-0.1, -0.05) is 12.1 Å². The molecule has 0 aromatic heterocycles. The Bertz CT molecular complexity index is 736. The Morgan fingerprint density at radius 3 is 2.46 bits per heavy atom. The third-order valence-electron chi connectivity index (χ3n) is 3.41. The zero-order chi connectivity index (χ0) is 17.5. The van der Waals surface area contributed by atoms with Crippen molar-refractivity contribution < 1.29 is 23.8 Å². The first-order valence-corrected chi connectivity index (χ1v) is 7.63. The summed E-state index contributed by atoms with van der Waals surface area (Å²) in [6.45, 7) is 3.69. The first-order valence-electron chi connectivity index (χ1n) is 7.63. The summed E-state index contributed by atoms with van der Waals surface area (Å²) in [6, 6.07) is 12.3. The third kappa shape index (κ3) is 4.35. The van der Waals surface area contributed by atoms with Gasteiger partial charge >= 0.3 is 5.97 Å². The van der Waals surface area contributed by atoms with Crippen LogP contribution in [0.3, 0.4) is 0 Å². The molecule has 2 aromatic carbocycles. The average Bonchev–Trinajstić information content (AvgIpc) is 2.60. The second kappa shape index (κ2) is 8.15. The highest BCUT2D eigenvalue weighted by Crippen LogP contribution is 2.21. The summed E-state index contributed by atoms with van der Waals surface area (Å²) in [7, 11) is 1.60. The van der Waals surface area contributed by atoms with E-state index in [2.05, 4.69) is 0 Å². The lowest BCUT2D eigenvalue weighted by Crippen LogP contribution is -2.11. The quantitative estimate of drug-likeness (QED) is 0.573. The fraction of sp³-hybridized carbons (Fsp3) is 0.263. The van der Waals surface area contributed by atoms with Crippen LogP contribution in [-0.2, 0) is 11.3 Å². The summed E-state index contributed by atoms with van der Waals surface area (Å²) in [5.74, 6) is 0.507. The molecule has 0 saturated carbocycles. The summed E-state index contributed by atoms with van der Waals surface area (Å²) < 4.78 is 15.9. The van der Waals surface area contributed by atoms with Crippen molar-refractivity contribution in [1.82, 2.24) is 0 Å². The van der Waals surface area contributed by atoms with Gasteiger partial charge < -0.3 is 14.2 Å². The van der Waals surface area contributed by atoms with Crippen molar-refractivity contribution >= 4 is 11.8 Å². The Morgan fingerprint density at radius 2 is 1.79 bits per heavy atom. The topological polar surface area (TPSA) is 61.8 Å². The highest BCUT2D eigenvalue weighted by Gasteiger charge is 2.16. The molecule has 0 heterocycles. The van der Waals surface area contributed by atoms with E-state index in [-0.39, 0.29) is 18.0 Å². The lowest BCUT2D eigenvalue weighted by molar-refractivity contribution is 0.0522. The van der Waals surface area contributed by atoms with Crippen LogP contribution in [0, 0.1) is 0 Å². The third-order valence-corrected chi connectivity index (χ3v) is 3.41. The van der Waals surface area contributed by atoms with Gasteiger partial charge in [0, 0.05) is 5.56 Å². The summed E-state index contributed by atoms with van der Waals surface area (Å²) in [5, 5.41) is 0. The van der Waals surface area contributed by atoms with Gasteiger partial charge in [0.05, 0.1) is 19.3 Å². The molecule has 24 heavy (non-hydrogen) atoms. The first-order chi connectivity index (χ1) is 11.5. The first kappa shape index (κ1) is 17.5. The highest BCUT2D eigenvalue weighted by atomic mass is 16.5. The van der Waals surface area contributed by atoms with E-state index in [1.54, 1.807) is 26.2 Å². The fourth-order valence-corrected chi connectivity index (χ4v) is 2.23. The summed E-state index contributed by atoms with van der Waals surface area (Å²) in [4.78, 5) is 23.7. The van der Waals surface area contributed by atoms with Crippen LogP contribution >= 0.6 is 0 Å². The second-order valence-corrected chi connectivity index (χ2v) is 5.12. The van der Waals surface area contributed by atoms with E-state index in [9.17, 15) is 9.59 Å². The molecular formula is C19H20O5. The minimum absolute atomic E-state index is 0.197. The van der Waals surface area contributed by atoms with Crippen LogP contribution in [0.2, 0.25) is 0 Å². The predicted molar refractivity (Wildman–Crippen MR) is 89.7 cm³/mol. The number of hydrogen-bond donors (Lipinski definition) is 0. The van der Waals surface area contributed by atoms with Crippen molar-refractivity contribution in [2.24, 2.45) is 0 Å². The molecule has 0 aliphatic heterocycles. The van der Waals surface area contributed by atoms with E-state index in [0.29, 0.717) is 17.9 Å². The van der Waals surface area contributed by atoms with Crippen LogP contribution in [0.1, 0.15) is 40.1 Å². The number of rotatable bonds is 7. The maximum atomic E-state index is 12.0. The number of esters is 1. The molecule has 5 nitrogen and oxygen atoms in total. The predicted octanol–water partition coefficient (Wildman–Crippen LogP) is 3.65. The lowest BCUT2D eigenvalue weighted by atomic mass is 10.0. The monoisotopic (exact) mass is 328 g/mol. The number of hydrogen-bond acceptors (Lipinski definition) is 5. The Morgan fingerprint density at radius 1 is 1.00 bits per heavy atom. The normalized spacial score (nSPS) is 10.1. The smallest absolute Gasteiger partial charge is 0.338 e. The molecule has 0 radical (unpaired) electrons. The number of ketones is 1. The molecule has 0 fully saturated rings. The van der Waals surface area contributed by atoms with Gasteiger partial charge in [0.1, 0.15) is 18.1 Å². The molecule has 0 bridgehead atoms. The zero-order valence-corrected chi connectivity index (χ0v) is 14.0. The van der Waals surface area contributed by atoms with Crippen molar-refractivity contribution in [3.63, 3.8) is 0 Å². The van der Waals surface area contributed by atoms with Crippen LogP contribution in [0.4, 0.5) is 0 Å². The minimum atomic E-state index is -0.533. The summed E-state index contributed by atoms with van der Waals surface area (Å²) in [6.07, 6.45) is 0. The lowest BCUT2D eigenvalue weighted by Gasteiger charge is -2.11. The van der Waals surface area contributed by atoms with Gasteiger partial charge in [-0.25, -0.2) is 4.79 Å². The summed E-state index contributed by atoms with van der Waals surface area (Å²) >= 11 is 0. The van der Waals surface area contributed by atoms with Crippen molar-refractivity contribution in [1.29, 1.82) is 0 Å². The second-order valence-electron chi connectivity index (χ2n) is 5.12. The number of benzene rings is 2. The standard InChI is InChI=1S/C19H20O5/c1-4-23-19(21)18-11-16(8-9-17(18)13(2)20)24-12-14-6-5-7-15(10-14)22-3/h5-11H,4,12H2,1-3H3. The van der Waals surface area contributed by atoms with Gasteiger partial charge in [-0.15, -0.1) is 0 Å². The van der Waals surface area contributed by atoms with E-state index in [1.807, 2.05) is 24.3 Å². The van der Waals surface area contributed by atoms with Gasteiger partial charge in [0.2, 0.25) is 0 Å². The van der Waals surface area contributed by atoms with Crippen LogP contribution in [-0.4, -0.2) is 25.5 Å². The van der Waals surface area contributed by atoms with Crippen LogP contribution in [0.25, 0.3) is 0 Å². The molecule has 126 valence electrons. The molecule has 0 spiro atoms. The van der Waals surface area contributed by atoms with E-state index in [4.69, 9.17) is 14.2 Å². The van der Waals surface area contributed by atoms with Gasteiger partial charge in [-0.2, -0.15) is 0 Å². The molecule has 5 heteroatoms. The van der Waals surface area contributed by atoms with Gasteiger partial charge in [-0.05, 0) is 49.7 Å². The molecule has 0 amide bonds. The fourth-order valence-electron chi connectivity index (χ4n) is 2.23. The molecule has 2 aromatic rings. The largest absolute Gasteiger partial charge is 0.497 e. The van der Waals surface area contributed by atoms with Crippen LogP contribution in [0.5, 0.6) is 11.5 Å². The van der Waals surface area contributed by atoms with E-state index in [0.717, 1.165) is 11.3 Å². The molecule has 0 N–H and O–H groups in total. The number of ether oxygens (including phenoxy) is 3. The van der Waals surface area contributed by atoms with Gasteiger partial charge in [0.15, 0.2) is 5.78 Å². The molecular weight excluding hydrogens is 308 g/mol. The van der Waals surface area contributed by atoms with Crippen LogP contribution < -0.4 is 9.47 Å². The molecule has 2 rings (SSSR count). The Balaban J connectivity index is 2.19. The highest BCUT2D eigenvalue weighted by molar-refractivity contribution is 6.05. The Hall–Kier alpha value is -2.82. The van der Waals surface area contributed by atoms with Crippen molar-refractivity contribution in [3.05, 3.63) is 59.2 Å². The molecule has 0 atom stereocenters. The maximum absolute atomic E-state index is 12.0. The van der Waals surface area contributed by atoms with Gasteiger partial charge in [0.25, 0.3) is 0 Å².